The Hall–Kier alpha value is -2.61. The van der Waals surface area contributed by atoms with E-state index in [0.717, 1.165) is 18.7 Å². The maximum Gasteiger partial charge on any atom is 0.270 e. The van der Waals surface area contributed by atoms with Crippen LogP contribution in [0.1, 0.15) is 11.4 Å². The molecule has 0 saturated carbocycles. The Bertz CT molecular complexity index is 744. The summed E-state index contributed by atoms with van der Waals surface area (Å²) in [6.07, 6.45) is 0. The molecular weight excluding hydrogens is 298 g/mol. The molecule has 1 aromatic carbocycles. The van der Waals surface area contributed by atoms with E-state index in [9.17, 15) is 10.1 Å². The van der Waals surface area contributed by atoms with Crippen molar-refractivity contribution in [3.63, 3.8) is 0 Å². The van der Waals surface area contributed by atoms with Crippen molar-refractivity contribution in [3.8, 4) is 11.4 Å². The second-order valence-electron chi connectivity index (χ2n) is 5.36. The first-order chi connectivity index (χ1) is 11.0. The molecule has 1 fully saturated rings. The molecule has 2 heterocycles. The number of nitro groups is 1. The average Bonchev–Trinajstić information content (AvgIpc) is 2.55. The zero-order valence-electron chi connectivity index (χ0n) is 13.0. The van der Waals surface area contributed by atoms with E-state index in [1.807, 2.05) is 11.8 Å². The molecule has 1 aliphatic rings. The lowest BCUT2D eigenvalue weighted by molar-refractivity contribution is -0.384. The van der Waals surface area contributed by atoms with Crippen molar-refractivity contribution in [2.24, 2.45) is 0 Å². The van der Waals surface area contributed by atoms with Crippen LogP contribution in [-0.4, -0.2) is 46.2 Å². The van der Waals surface area contributed by atoms with Crippen LogP contribution in [0.2, 0.25) is 0 Å². The molecular formula is C15H17N5O3. The molecule has 8 nitrogen and oxygen atoms in total. The van der Waals surface area contributed by atoms with Crippen LogP contribution in [0.3, 0.4) is 0 Å². The third-order valence-corrected chi connectivity index (χ3v) is 3.70. The molecule has 0 spiro atoms. The van der Waals surface area contributed by atoms with E-state index < -0.39 is 4.92 Å². The lowest BCUT2D eigenvalue weighted by Crippen LogP contribution is -2.37. The zero-order chi connectivity index (χ0) is 16.4. The number of nitro benzene ring substituents is 1. The third-order valence-electron chi connectivity index (χ3n) is 3.70. The highest BCUT2D eigenvalue weighted by atomic mass is 16.6. The fourth-order valence-electron chi connectivity index (χ4n) is 2.46. The highest BCUT2D eigenvalue weighted by molar-refractivity contribution is 5.64. The summed E-state index contributed by atoms with van der Waals surface area (Å²) in [4.78, 5) is 25.9. The van der Waals surface area contributed by atoms with E-state index in [4.69, 9.17) is 4.74 Å². The highest BCUT2D eigenvalue weighted by Crippen LogP contribution is 2.26. The molecule has 1 aromatic heterocycles. The van der Waals surface area contributed by atoms with Gasteiger partial charge in [-0.1, -0.05) is 6.07 Å². The van der Waals surface area contributed by atoms with Crippen LogP contribution in [0.15, 0.2) is 18.2 Å². The molecule has 23 heavy (non-hydrogen) atoms. The molecule has 0 atom stereocenters. The van der Waals surface area contributed by atoms with E-state index in [1.54, 1.807) is 13.0 Å². The number of ether oxygens (including phenoxy) is 1. The van der Waals surface area contributed by atoms with Gasteiger partial charge in [-0.3, -0.25) is 10.1 Å². The summed E-state index contributed by atoms with van der Waals surface area (Å²) in [5.74, 6) is 1.63. The van der Waals surface area contributed by atoms with Crippen molar-refractivity contribution < 1.29 is 9.66 Å². The molecule has 0 bridgehead atoms. The van der Waals surface area contributed by atoms with Gasteiger partial charge in [0, 0.05) is 30.8 Å². The maximum atomic E-state index is 11.0. The fraction of sp³-hybridized carbons (Fsp3) is 0.400. The standard InChI is InChI=1S/C15H17N5O3/c1-10-3-4-12(20(21)22)9-13(10)14-16-11(2)17-15(18-14)19-5-7-23-8-6-19/h3-4,9H,5-8H2,1-2H3. The summed E-state index contributed by atoms with van der Waals surface area (Å²) in [6, 6.07) is 4.70. The van der Waals surface area contributed by atoms with Crippen LogP contribution in [0, 0.1) is 24.0 Å². The van der Waals surface area contributed by atoms with Gasteiger partial charge in [0.1, 0.15) is 5.82 Å². The molecule has 0 radical (unpaired) electrons. The number of morpholine rings is 1. The van der Waals surface area contributed by atoms with Gasteiger partial charge in [0.2, 0.25) is 5.95 Å². The molecule has 0 N–H and O–H groups in total. The Morgan fingerprint density at radius 3 is 2.61 bits per heavy atom. The molecule has 1 saturated heterocycles. The van der Waals surface area contributed by atoms with Gasteiger partial charge in [-0.2, -0.15) is 9.97 Å². The maximum absolute atomic E-state index is 11.0. The third kappa shape index (κ3) is 3.26. The topological polar surface area (TPSA) is 94.3 Å². The van der Waals surface area contributed by atoms with Crippen LogP contribution < -0.4 is 4.90 Å². The van der Waals surface area contributed by atoms with E-state index in [0.29, 0.717) is 36.4 Å². The van der Waals surface area contributed by atoms with Crippen molar-refractivity contribution in [1.82, 2.24) is 15.0 Å². The lowest BCUT2D eigenvalue weighted by atomic mass is 10.1. The zero-order valence-corrected chi connectivity index (χ0v) is 13.0. The molecule has 2 aromatic rings. The minimum atomic E-state index is -0.417. The largest absolute Gasteiger partial charge is 0.378 e. The van der Waals surface area contributed by atoms with Crippen LogP contribution in [0.4, 0.5) is 11.6 Å². The fourth-order valence-corrected chi connectivity index (χ4v) is 2.46. The van der Waals surface area contributed by atoms with Crippen molar-refractivity contribution in [3.05, 3.63) is 39.7 Å². The SMILES string of the molecule is Cc1nc(-c2cc([N+](=O)[O-])ccc2C)nc(N2CCOCC2)n1. The number of nitrogens with zero attached hydrogens (tertiary/aromatic N) is 5. The molecule has 1 aliphatic heterocycles. The van der Waals surface area contributed by atoms with Gasteiger partial charge < -0.3 is 9.64 Å². The average molecular weight is 315 g/mol. The number of benzene rings is 1. The van der Waals surface area contributed by atoms with Crippen molar-refractivity contribution >= 4 is 11.6 Å². The van der Waals surface area contributed by atoms with Gasteiger partial charge >= 0.3 is 0 Å². The van der Waals surface area contributed by atoms with Crippen molar-refractivity contribution in [1.29, 1.82) is 0 Å². The molecule has 0 amide bonds. The Labute approximate surface area is 133 Å². The second-order valence-corrected chi connectivity index (χ2v) is 5.36. The number of hydrogen-bond acceptors (Lipinski definition) is 7. The van der Waals surface area contributed by atoms with Crippen LogP contribution in [-0.2, 0) is 4.74 Å². The van der Waals surface area contributed by atoms with Crippen LogP contribution in [0.25, 0.3) is 11.4 Å². The quantitative estimate of drug-likeness (QED) is 0.630. The van der Waals surface area contributed by atoms with Gasteiger partial charge in [-0.25, -0.2) is 4.98 Å². The molecule has 8 heteroatoms. The van der Waals surface area contributed by atoms with Crippen molar-refractivity contribution in [2.75, 3.05) is 31.2 Å². The lowest BCUT2D eigenvalue weighted by Gasteiger charge is -2.27. The minimum absolute atomic E-state index is 0.0246. The van der Waals surface area contributed by atoms with Gasteiger partial charge in [0.25, 0.3) is 5.69 Å². The van der Waals surface area contributed by atoms with E-state index in [1.165, 1.54) is 12.1 Å². The molecule has 120 valence electrons. The summed E-state index contributed by atoms with van der Waals surface area (Å²) in [5.41, 5.74) is 1.56. The Morgan fingerprint density at radius 1 is 1.17 bits per heavy atom. The number of hydrogen-bond donors (Lipinski definition) is 0. The summed E-state index contributed by atoms with van der Waals surface area (Å²) in [5, 5.41) is 11.0. The minimum Gasteiger partial charge on any atom is -0.378 e. The number of non-ortho nitro benzene ring substituents is 1. The number of aryl methyl sites for hydroxylation is 2. The Balaban J connectivity index is 2.04. The predicted octanol–water partition coefficient (Wildman–Crippen LogP) is 1.90. The number of aromatic nitrogens is 3. The summed E-state index contributed by atoms with van der Waals surface area (Å²) in [7, 11) is 0. The summed E-state index contributed by atoms with van der Waals surface area (Å²) in [6.45, 7) is 6.38. The van der Waals surface area contributed by atoms with Gasteiger partial charge in [-0.15, -0.1) is 0 Å². The van der Waals surface area contributed by atoms with E-state index in [2.05, 4.69) is 15.0 Å². The van der Waals surface area contributed by atoms with Crippen molar-refractivity contribution in [2.45, 2.75) is 13.8 Å². The highest BCUT2D eigenvalue weighted by Gasteiger charge is 2.18. The normalized spacial score (nSPS) is 14.8. The molecule has 0 unspecified atom stereocenters. The monoisotopic (exact) mass is 315 g/mol. The number of rotatable bonds is 3. The Kier molecular flexibility index (Phi) is 4.16. The van der Waals surface area contributed by atoms with E-state index >= 15 is 0 Å². The van der Waals surface area contributed by atoms with Crippen LogP contribution >= 0.6 is 0 Å². The van der Waals surface area contributed by atoms with E-state index in [-0.39, 0.29) is 5.69 Å². The summed E-state index contributed by atoms with van der Waals surface area (Å²) < 4.78 is 5.34. The first-order valence-electron chi connectivity index (χ1n) is 7.35. The summed E-state index contributed by atoms with van der Waals surface area (Å²) >= 11 is 0. The molecule has 0 aliphatic carbocycles. The van der Waals surface area contributed by atoms with Gasteiger partial charge in [0.05, 0.1) is 18.1 Å². The van der Waals surface area contributed by atoms with Gasteiger partial charge in [-0.05, 0) is 19.4 Å². The smallest absolute Gasteiger partial charge is 0.270 e. The molecule has 3 rings (SSSR count). The van der Waals surface area contributed by atoms with Gasteiger partial charge in [0.15, 0.2) is 5.82 Å². The first-order valence-corrected chi connectivity index (χ1v) is 7.35. The second kappa shape index (κ2) is 6.25. The first kappa shape index (κ1) is 15.3. The van der Waals surface area contributed by atoms with Crippen LogP contribution in [0.5, 0.6) is 0 Å². The Morgan fingerprint density at radius 2 is 1.91 bits per heavy atom. The predicted molar refractivity (Wildman–Crippen MR) is 84.4 cm³/mol. The number of anilines is 1.